The molecule has 0 fully saturated rings. The van der Waals surface area contributed by atoms with Crippen molar-refractivity contribution in [2.75, 3.05) is 0 Å². The summed E-state index contributed by atoms with van der Waals surface area (Å²) in [5.41, 5.74) is 1.90. The van der Waals surface area contributed by atoms with Crippen molar-refractivity contribution in [3.8, 4) is 17.0 Å². The highest BCUT2D eigenvalue weighted by atomic mass is 32.1. The van der Waals surface area contributed by atoms with E-state index in [9.17, 15) is 4.39 Å². The van der Waals surface area contributed by atoms with Gasteiger partial charge in [-0.25, -0.2) is 14.4 Å². The third kappa shape index (κ3) is 2.36. The minimum atomic E-state index is -0.247. The number of hydrogen-bond donors (Lipinski definition) is 0. The molecule has 0 bridgehead atoms. The SMILES string of the molecule is CC(C)Oc1ncnc2scc(-c3ccc(F)cc3)c12. The lowest BCUT2D eigenvalue weighted by Gasteiger charge is -2.10. The Labute approximate surface area is 120 Å². The lowest BCUT2D eigenvalue weighted by molar-refractivity contribution is 0.236. The molecule has 0 saturated heterocycles. The van der Waals surface area contributed by atoms with E-state index in [2.05, 4.69) is 9.97 Å². The highest BCUT2D eigenvalue weighted by Gasteiger charge is 2.14. The van der Waals surface area contributed by atoms with Crippen LogP contribution >= 0.6 is 11.3 Å². The van der Waals surface area contributed by atoms with Crippen LogP contribution in [0.3, 0.4) is 0 Å². The third-order valence-corrected chi connectivity index (χ3v) is 3.72. The quantitative estimate of drug-likeness (QED) is 0.721. The van der Waals surface area contributed by atoms with Crippen LogP contribution in [-0.4, -0.2) is 16.1 Å². The van der Waals surface area contributed by atoms with Crippen LogP contribution in [0.15, 0.2) is 36.0 Å². The second kappa shape index (κ2) is 5.17. The topological polar surface area (TPSA) is 35.0 Å². The Balaban J connectivity index is 2.18. The molecule has 0 atom stereocenters. The van der Waals surface area contributed by atoms with Gasteiger partial charge in [0, 0.05) is 10.9 Å². The van der Waals surface area contributed by atoms with Gasteiger partial charge < -0.3 is 4.74 Å². The Kier molecular flexibility index (Phi) is 3.36. The van der Waals surface area contributed by atoms with Crippen LogP contribution < -0.4 is 4.74 Å². The van der Waals surface area contributed by atoms with Gasteiger partial charge in [0.15, 0.2) is 0 Å². The van der Waals surface area contributed by atoms with Gasteiger partial charge in [-0.1, -0.05) is 12.1 Å². The highest BCUT2D eigenvalue weighted by molar-refractivity contribution is 7.17. The Morgan fingerprint density at radius 1 is 1.15 bits per heavy atom. The van der Waals surface area contributed by atoms with Crippen molar-refractivity contribution >= 4 is 21.6 Å². The summed E-state index contributed by atoms with van der Waals surface area (Å²) in [6, 6.07) is 6.41. The molecule has 3 nitrogen and oxygen atoms in total. The van der Waals surface area contributed by atoms with Crippen molar-refractivity contribution in [1.82, 2.24) is 9.97 Å². The fourth-order valence-electron chi connectivity index (χ4n) is 2.00. The molecule has 0 aliphatic carbocycles. The van der Waals surface area contributed by atoms with Crippen LogP contribution in [0.5, 0.6) is 5.88 Å². The number of hydrogen-bond acceptors (Lipinski definition) is 4. The zero-order chi connectivity index (χ0) is 14.1. The molecule has 0 unspecified atom stereocenters. The molecule has 0 spiro atoms. The first-order chi connectivity index (χ1) is 9.65. The summed E-state index contributed by atoms with van der Waals surface area (Å²) in [6.45, 7) is 3.91. The molecule has 0 saturated carbocycles. The minimum Gasteiger partial charge on any atom is -0.474 e. The average Bonchev–Trinajstić information content (AvgIpc) is 2.84. The molecular formula is C15H13FN2OS. The molecule has 0 amide bonds. The fourth-order valence-corrected chi connectivity index (χ4v) is 2.91. The Morgan fingerprint density at radius 2 is 1.90 bits per heavy atom. The number of halogens is 1. The largest absolute Gasteiger partial charge is 0.474 e. The first-order valence-electron chi connectivity index (χ1n) is 6.30. The molecular weight excluding hydrogens is 275 g/mol. The van der Waals surface area contributed by atoms with Crippen LogP contribution in [0, 0.1) is 5.82 Å². The van der Waals surface area contributed by atoms with Gasteiger partial charge in [0.05, 0.1) is 11.5 Å². The number of aromatic nitrogens is 2. The summed E-state index contributed by atoms with van der Waals surface area (Å²) in [5, 5.41) is 2.89. The van der Waals surface area contributed by atoms with E-state index in [0.29, 0.717) is 5.88 Å². The molecule has 0 N–H and O–H groups in total. The van der Waals surface area contributed by atoms with Crippen molar-refractivity contribution in [2.45, 2.75) is 20.0 Å². The first kappa shape index (κ1) is 13.0. The number of fused-ring (bicyclic) bond motifs is 1. The molecule has 1 aromatic carbocycles. The summed E-state index contributed by atoms with van der Waals surface area (Å²) >= 11 is 1.53. The second-order valence-corrected chi connectivity index (χ2v) is 5.54. The van der Waals surface area contributed by atoms with Crippen molar-refractivity contribution in [3.63, 3.8) is 0 Å². The molecule has 20 heavy (non-hydrogen) atoms. The standard InChI is InChI=1S/C15H13FN2OS/c1-9(2)19-14-13-12(7-20-15(13)18-8-17-14)10-3-5-11(16)6-4-10/h3-9H,1-2H3. The maximum atomic E-state index is 13.0. The first-order valence-corrected chi connectivity index (χ1v) is 7.18. The smallest absolute Gasteiger partial charge is 0.226 e. The van der Waals surface area contributed by atoms with Crippen LogP contribution in [0.1, 0.15) is 13.8 Å². The molecule has 3 aromatic rings. The maximum Gasteiger partial charge on any atom is 0.226 e. The molecule has 102 valence electrons. The number of nitrogens with zero attached hydrogens (tertiary/aromatic N) is 2. The van der Waals surface area contributed by atoms with E-state index in [4.69, 9.17) is 4.74 Å². The van der Waals surface area contributed by atoms with Gasteiger partial charge in [0.2, 0.25) is 5.88 Å². The van der Waals surface area contributed by atoms with Gasteiger partial charge in [-0.05, 0) is 31.5 Å². The molecule has 3 rings (SSSR count). The van der Waals surface area contributed by atoms with Crippen molar-refractivity contribution in [2.24, 2.45) is 0 Å². The zero-order valence-electron chi connectivity index (χ0n) is 11.1. The van der Waals surface area contributed by atoms with E-state index in [1.165, 1.54) is 29.8 Å². The van der Waals surface area contributed by atoms with Crippen molar-refractivity contribution in [3.05, 3.63) is 41.8 Å². The summed E-state index contributed by atoms with van der Waals surface area (Å²) in [6.07, 6.45) is 1.54. The second-order valence-electron chi connectivity index (χ2n) is 4.68. The Bertz CT molecular complexity index is 737. The van der Waals surface area contributed by atoms with Gasteiger partial charge in [-0.3, -0.25) is 0 Å². The number of benzene rings is 1. The number of thiophene rings is 1. The van der Waals surface area contributed by atoms with Gasteiger partial charge in [-0.15, -0.1) is 11.3 Å². The highest BCUT2D eigenvalue weighted by Crippen LogP contribution is 2.37. The summed E-state index contributed by atoms with van der Waals surface area (Å²) in [4.78, 5) is 9.36. The van der Waals surface area contributed by atoms with Crippen LogP contribution in [-0.2, 0) is 0 Å². The van der Waals surface area contributed by atoms with Crippen molar-refractivity contribution in [1.29, 1.82) is 0 Å². The normalized spacial score (nSPS) is 11.2. The fraction of sp³-hybridized carbons (Fsp3) is 0.200. The lowest BCUT2D eigenvalue weighted by atomic mass is 10.1. The van der Waals surface area contributed by atoms with Gasteiger partial charge in [0.1, 0.15) is 17.0 Å². The monoisotopic (exact) mass is 288 g/mol. The molecule has 0 radical (unpaired) electrons. The van der Waals surface area contributed by atoms with E-state index < -0.39 is 0 Å². The van der Waals surface area contributed by atoms with Gasteiger partial charge in [0.25, 0.3) is 0 Å². The average molecular weight is 288 g/mol. The van der Waals surface area contributed by atoms with Crippen LogP contribution in [0.25, 0.3) is 21.3 Å². The molecule has 5 heteroatoms. The zero-order valence-corrected chi connectivity index (χ0v) is 11.9. The number of rotatable bonds is 3. The molecule has 2 heterocycles. The van der Waals surface area contributed by atoms with Crippen LogP contribution in [0.4, 0.5) is 4.39 Å². The van der Waals surface area contributed by atoms with E-state index in [1.807, 2.05) is 19.2 Å². The van der Waals surface area contributed by atoms with Crippen molar-refractivity contribution < 1.29 is 9.13 Å². The summed E-state index contributed by atoms with van der Waals surface area (Å²) in [7, 11) is 0. The molecule has 2 aromatic heterocycles. The van der Waals surface area contributed by atoms with Crippen LogP contribution in [0.2, 0.25) is 0 Å². The Hall–Kier alpha value is -2.01. The van der Waals surface area contributed by atoms with E-state index in [1.54, 1.807) is 12.1 Å². The van der Waals surface area contributed by atoms with E-state index in [-0.39, 0.29) is 11.9 Å². The van der Waals surface area contributed by atoms with Gasteiger partial charge >= 0.3 is 0 Å². The minimum absolute atomic E-state index is 0.0362. The van der Waals surface area contributed by atoms with E-state index in [0.717, 1.165) is 21.3 Å². The molecule has 0 aliphatic heterocycles. The Morgan fingerprint density at radius 3 is 2.60 bits per heavy atom. The molecule has 0 aliphatic rings. The number of ether oxygens (including phenoxy) is 1. The maximum absolute atomic E-state index is 13.0. The summed E-state index contributed by atoms with van der Waals surface area (Å²) in [5.74, 6) is 0.328. The lowest BCUT2D eigenvalue weighted by Crippen LogP contribution is -2.07. The summed E-state index contributed by atoms with van der Waals surface area (Å²) < 4.78 is 18.8. The predicted octanol–water partition coefficient (Wildman–Crippen LogP) is 4.28. The van der Waals surface area contributed by atoms with Gasteiger partial charge in [-0.2, -0.15) is 0 Å². The third-order valence-electron chi connectivity index (χ3n) is 2.84. The predicted molar refractivity (Wildman–Crippen MR) is 78.6 cm³/mol. The van der Waals surface area contributed by atoms with E-state index >= 15 is 0 Å².